The standard InChI is InChI=1S/C19H25NO4/c1-20-8-5-11-9-13(21)17-16-15(11)12(20)3-6-18(16)7-4-14(22)19(10-18,23-2)24-17/h9,12,14,21-22H,3-8,10H2,1-2H3/t12-,14+,18+,19+/m0/s1. The van der Waals surface area contributed by atoms with Crippen molar-refractivity contribution in [2.24, 2.45) is 0 Å². The Balaban J connectivity index is 1.80. The molecule has 1 aromatic rings. The Morgan fingerprint density at radius 2 is 2.12 bits per heavy atom. The Bertz CT molecular complexity index is 720. The molecule has 4 aliphatic rings. The first-order valence-electron chi connectivity index (χ1n) is 9.01. The van der Waals surface area contributed by atoms with E-state index in [1.165, 1.54) is 16.7 Å². The third-order valence-electron chi connectivity index (χ3n) is 7.02. The largest absolute Gasteiger partial charge is 0.504 e. The van der Waals surface area contributed by atoms with Crippen LogP contribution in [0.1, 0.15) is 54.8 Å². The minimum Gasteiger partial charge on any atom is -0.504 e. The van der Waals surface area contributed by atoms with Gasteiger partial charge in [0.05, 0.1) is 0 Å². The number of rotatable bonds is 1. The average molecular weight is 331 g/mol. The predicted octanol–water partition coefficient (Wildman–Crippen LogP) is 2.23. The fraction of sp³-hybridized carbons (Fsp3) is 0.684. The summed E-state index contributed by atoms with van der Waals surface area (Å²) >= 11 is 0. The Kier molecular flexibility index (Phi) is 2.91. The van der Waals surface area contributed by atoms with Crippen LogP contribution in [-0.2, 0) is 16.6 Å². The third kappa shape index (κ3) is 1.65. The molecule has 2 aliphatic heterocycles. The molecule has 2 aliphatic carbocycles. The summed E-state index contributed by atoms with van der Waals surface area (Å²) in [6.45, 7) is 1.03. The molecule has 4 atom stereocenters. The average Bonchev–Trinajstić information content (AvgIpc) is 2.59. The van der Waals surface area contributed by atoms with E-state index in [2.05, 4.69) is 11.9 Å². The summed E-state index contributed by atoms with van der Waals surface area (Å²) in [4.78, 5) is 2.43. The van der Waals surface area contributed by atoms with E-state index in [9.17, 15) is 10.2 Å². The van der Waals surface area contributed by atoms with Crippen LogP contribution in [0.2, 0.25) is 0 Å². The molecule has 2 bridgehead atoms. The van der Waals surface area contributed by atoms with E-state index in [1.807, 2.05) is 6.07 Å². The van der Waals surface area contributed by atoms with E-state index < -0.39 is 11.9 Å². The molecule has 0 radical (unpaired) electrons. The van der Waals surface area contributed by atoms with Gasteiger partial charge in [-0.1, -0.05) is 0 Å². The second kappa shape index (κ2) is 4.65. The van der Waals surface area contributed by atoms with E-state index in [0.29, 0.717) is 24.6 Å². The number of aromatic hydroxyl groups is 1. The third-order valence-corrected chi connectivity index (χ3v) is 7.02. The van der Waals surface area contributed by atoms with Gasteiger partial charge < -0.3 is 19.7 Å². The van der Waals surface area contributed by atoms with Crippen LogP contribution in [0.15, 0.2) is 6.07 Å². The Morgan fingerprint density at radius 3 is 2.92 bits per heavy atom. The van der Waals surface area contributed by atoms with Crippen LogP contribution in [0.3, 0.4) is 0 Å². The molecule has 0 saturated heterocycles. The highest BCUT2D eigenvalue weighted by Crippen LogP contribution is 2.63. The van der Waals surface area contributed by atoms with Crippen LogP contribution >= 0.6 is 0 Å². The van der Waals surface area contributed by atoms with E-state index in [-0.39, 0.29) is 11.2 Å². The van der Waals surface area contributed by atoms with Crippen molar-refractivity contribution in [3.05, 3.63) is 22.8 Å². The summed E-state index contributed by atoms with van der Waals surface area (Å²) in [7, 11) is 3.79. The number of phenolic OH excluding ortho intramolecular Hbond substituents is 1. The molecule has 24 heavy (non-hydrogen) atoms. The Hall–Kier alpha value is -1.30. The second-order valence-electron chi connectivity index (χ2n) is 8.09. The van der Waals surface area contributed by atoms with Crippen LogP contribution in [0.5, 0.6) is 11.5 Å². The van der Waals surface area contributed by atoms with Crippen molar-refractivity contribution in [1.29, 1.82) is 0 Å². The van der Waals surface area contributed by atoms with E-state index in [0.717, 1.165) is 32.2 Å². The lowest BCUT2D eigenvalue weighted by Gasteiger charge is -2.57. The Labute approximate surface area is 142 Å². The van der Waals surface area contributed by atoms with Gasteiger partial charge >= 0.3 is 0 Å². The van der Waals surface area contributed by atoms with Gasteiger partial charge in [-0.15, -0.1) is 0 Å². The fourth-order valence-electron chi connectivity index (χ4n) is 5.78. The lowest BCUT2D eigenvalue weighted by Crippen LogP contribution is -2.61. The predicted molar refractivity (Wildman–Crippen MR) is 88.3 cm³/mol. The number of benzene rings is 1. The molecule has 1 saturated carbocycles. The Morgan fingerprint density at radius 1 is 1.33 bits per heavy atom. The summed E-state index contributed by atoms with van der Waals surface area (Å²) in [5.41, 5.74) is 3.82. The van der Waals surface area contributed by atoms with Gasteiger partial charge in [0, 0.05) is 37.1 Å². The second-order valence-corrected chi connectivity index (χ2v) is 8.09. The number of aliphatic hydroxyl groups excluding tert-OH is 1. The first-order chi connectivity index (χ1) is 11.5. The van der Waals surface area contributed by atoms with E-state index in [4.69, 9.17) is 9.47 Å². The van der Waals surface area contributed by atoms with E-state index in [1.54, 1.807) is 7.11 Å². The van der Waals surface area contributed by atoms with Crippen molar-refractivity contribution in [3.8, 4) is 11.5 Å². The minimum absolute atomic E-state index is 0.0413. The summed E-state index contributed by atoms with van der Waals surface area (Å²) in [6, 6.07) is 2.29. The zero-order chi connectivity index (χ0) is 16.7. The maximum absolute atomic E-state index is 10.7. The number of hydrogen-bond donors (Lipinski definition) is 2. The monoisotopic (exact) mass is 331 g/mol. The van der Waals surface area contributed by atoms with Gasteiger partial charge in [0.15, 0.2) is 11.5 Å². The zero-order valence-electron chi connectivity index (χ0n) is 14.3. The van der Waals surface area contributed by atoms with Crippen molar-refractivity contribution < 1.29 is 19.7 Å². The van der Waals surface area contributed by atoms with Crippen molar-refractivity contribution in [1.82, 2.24) is 4.90 Å². The van der Waals surface area contributed by atoms with E-state index >= 15 is 0 Å². The SMILES string of the molecule is CO[C@@]12C[C@]3(CC[C@H]1O)CC[C@H]1c4c(cc(O)c(c43)O2)CCN1C. The van der Waals surface area contributed by atoms with Gasteiger partial charge in [-0.3, -0.25) is 4.90 Å². The van der Waals surface area contributed by atoms with Crippen molar-refractivity contribution in [2.75, 3.05) is 20.7 Å². The van der Waals surface area contributed by atoms with Crippen molar-refractivity contribution in [2.45, 2.75) is 61.9 Å². The molecule has 5 rings (SSSR count). The molecule has 5 nitrogen and oxygen atoms in total. The fourth-order valence-corrected chi connectivity index (χ4v) is 5.78. The number of fused-ring (bicyclic) bond motifs is 1. The molecule has 1 spiro atoms. The maximum atomic E-state index is 10.7. The van der Waals surface area contributed by atoms with Gasteiger partial charge in [0.25, 0.3) is 0 Å². The smallest absolute Gasteiger partial charge is 0.237 e. The number of hydrogen-bond acceptors (Lipinski definition) is 5. The number of phenols is 1. The van der Waals surface area contributed by atoms with Crippen LogP contribution in [0.25, 0.3) is 0 Å². The van der Waals surface area contributed by atoms with Gasteiger partial charge in [-0.25, -0.2) is 0 Å². The summed E-state index contributed by atoms with van der Waals surface area (Å²) < 4.78 is 11.9. The minimum atomic E-state index is -1.02. The molecule has 130 valence electrons. The number of aliphatic hydroxyl groups is 1. The van der Waals surface area contributed by atoms with Crippen LogP contribution in [0, 0.1) is 0 Å². The van der Waals surface area contributed by atoms with Crippen LogP contribution < -0.4 is 4.74 Å². The normalized spacial score (nSPS) is 40.0. The molecule has 2 N–H and O–H groups in total. The van der Waals surface area contributed by atoms with Crippen molar-refractivity contribution >= 4 is 0 Å². The van der Waals surface area contributed by atoms with Gasteiger partial charge in [0.1, 0.15) is 6.10 Å². The molecule has 0 aromatic heterocycles. The highest BCUT2D eigenvalue weighted by Gasteiger charge is 2.60. The number of ether oxygens (including phenoxy) is 2. The molecule has 0 amide bonds. The summed E-state index contributed by atoms with van der Waals surface area (Å²) in [6.07, 6.45) is 4.79. The lowest BCUT2D eigenvalue weighted by atomic mass is 9.57. The molecule has 1 aromatic carbocycles. The number of methoxy groups -OCH3 is 1. The number of nitrogens with zero attached hydrogens (tertiary/aromatic N) is 1. The number of likely N-dealkylation sites (N-methyl/N-ethyl adjacent to an activating group) is 1. The molecule has 5 heteroatoms. The van der Waals surface area contributed by atoms with Gasteiger partial charge in [-0.05, 0) is 56.3 Å². The van der Waals surface area contributed by atoms with Gasteiger partial charge in [-0.2, -0.15) is 0 Å². The molecule has 0 unspecified atom stereocenters. The lowest BCUT2D eigenvalue weighted by molar-refractivity contribution is -0.262. The topological polar surface area (TPSA) is 62.2 Å². The van der Waals surface area contributed by atoms with Crippen molar-refractivity contribution in [3.63, 3.8) is 0 Å². The molecular formula is C19H25NO4. The first kappa shape index (κ1) is 15.0. The van der Waals surface area contributed by atoms with Crippen LogP contribution in [-0.4, -0.2) is 47.7 Å². The maximum Gasteiger partial charge on any atom is 0.237 e. The first-order valence-corrected chi connectivity index (χ1v) is 9.01. The zero-order valence-corrected chi connectivity index (χ0v) is 14.3. The van der Waals surface area contributed by atoms with Gasteiger partial charge in [0.2, 0.25) is 5.79 Å². The summed E-state index contributed by atoms with van der Waals surface area (Å²) in [5.74, 6) is -0.265. The molecule has 1 fully saturated rings. The highest BCUT2D eigenvalue weighted by atomic mass is 16.7. The molecular weight excluding hydrogens is 306 g/mol. The molecule has 2 heterocycles. The quantitative estimate of drug-likeness (QED) is 0.826. The van der Waals surface area contributed by atoms with Crippen LogP contribution in [0.4, 0.5) is 0 Å². The summed E-state index contributed by atoms with van der Waals surface area (Å²) in [5, 5.41) is 21.2. The highest BCUT2D eigenvalue weighted by molar-refractivity contribution is 5.61.